The molecule has 3 heterocycles. The van der Waals surface area contributed by atoms with Crippen molar-refractivity contribution in [3.8, 4) is 0 Å². The molecule has 2 aliphatic rings. The Balaban J connectivity index is 1.48. The average Bonchev–Trinajstić information content (AvgIpc) is 3.22. The monoisotopic (exact) mass is 348 g/mol. The van der Waals surface area contributed by atoms with E-state index in [-0.39, 0.29) is 6.61 Å². The van der Waals surface area contributed by atoms with E-state index in [1.54, 1.807) is 0 Å². The van der Waals surface area contributed by atoms with Gasteiger partial charge in [-0.2, -0.15) is 5.10 Å². The van der Waals surface area contributed by atoms with Crippen molar-refractivity contribution in [1.29, 1.82) is 0 Å². The lowest BCUT2D eigenvalue weighted by Crippen LogP contribution is -2.36. The molecule has 1 amide bonds. The van der Waals surface area contributed by atoms with Gasteiger partial charge in [0.15, 0.2) is 0 Å². The molecule has 25 heavy (non-hydrogen) atoms. The minimum Gasteiger partial charge on any atom is -0.394 e. The third-order valence-electron chi connectivity index (χ3n) is 5.85. The third-order valence-corrected chi connectivity index (χ3v) is 5.85. The van der Waals surface area contributed by atoms with Gasteiger partial charge in [-0.1, -0.05) is 0 Å². The van der Waals surface area contributed by atoms with E-state index < -0.39 is 0 Å². The van der Waals surface area contributed by atoms with Crippen molar-refractivity contribution in [2.24, 2.45) is 5.92 Å². The molecule has 140 valence electrons. The van der Waals surface area contributed by atoms with Crippen molar-refractivity contribution in [2.75, 3.05) is 32.8 Å². The van der Waals surface area contributed by atoms with Gasteiger partial charge in [-0.25, -0.2) is 0 Å². The van der Waals surface area contributed by atoms with Crippen LogP contribution in [0.3, 0.4) is 0 Å². The summed E-state index contributed by atoms with van der Waals surface area (Å²) in [6.45, 7) is 9.80. The van der Waals surface area contributed by atoms with Gasteiger partial charge in [0.2, 0.25) is 5.91 Å². The summed E-state index contributed by atoms with van der Waals surface area (Å²) in [4.78, 5) is 16.9. The van der Waals surface area contributed by atoms with Gasteiger partial charge >= 0.3 is 0 Å². The molecule has 6 nitrogen and oxygen atoms in total. The number of carbonyl (C=O) groups excluding carboxylic acids is 1. The highest BCUT2D eigenvalue weighted by atomic mass is 16.3. The first-order valence-electron chi connectivity index (χ1n) is 9.72. The molecule has 2 aliphatic heterocycles. The van der Waals surface area contributed by atoms with Crippen LogP contribution in [0.5, 0.6) is 0 Å². The summed E-state index contributed by atoms with van der Waals surface area (Å²) in [6.07, 6.45) is 5.31. The van der Waals surface area contributed by atoms with Crippen molar-refractivity contribution in [2.45, 2.75) is 59.0 Å². The van der Waals surface area contributed by atoms with E-state index in [2.05, 4.69) is 28.7 Å². The first-order valence-corrected chi connectivity index (χ1v) is 9.72. The maximum atomic E-state index is 12.3. The number of aliphatic hydroxyl groups excluding tert-OH is 1. The fourth-order valence-corrected chi connectivity index (χ4v) is 4.19. The number of aliphatic hydroxyl groups is 1. The Hall–Kier alpha value is -1.40. The highest BCUT2D eigenvalue weighted by molar-refractivity contribution is 5.76. The zero-order valence-electron chi connectivity index (χ0n) is 15.7. The first-order chi connectivity index (χ1) is 12.1. The number of hydrogen-bond acceptors (Lipinski definition) is 4. The Kier molecular flexibility index (Phi) is 6.12. The molecule has 2 fully saturated rings. The second-order valence-corrected chi connectivity index (χ2v) is 7.61. The van der Waals surface area contributed by atoms with Crippen molar-refractivity contribution in [3.05, 3.63) is 17.0 Å². The molecule has 0 aliphatic carbocycles. The largest absolute Gasteiger partial charge is 0.394 e. The molecular formula is C19H32N4O2. The molecule has 0 saturated carbocycles. The van der Waals surface area contributed by atoms with Crippen LogP contribution in [-0.2, 0) is 17.9 Å². The molecule has 0 aromatic carbocycles. The Morgan fingerprint density at radius 1 is 1.16 bits per heavy atom. The van der Waals surface area contributed by atoms with E-state index in [1.165, 1.54) is 18.4 Å². The Morgan fingerprint density at radius 3 is 2.48 bits per heavy atom. The molecule has 0 radical (unpaired) electrons. The second kappa shape index (κ2) is 8.32. The normalized spacial score (nSPS) is 19.7. The average molecular weight is 348 g/mol. The SMILES string of the molecule is Cc1nn(CCO)c(C)c1CN1CCC(CC(=O)N2CCCC2)CC1. The minimum absolute atomic E-state index is 0.123. The van der Waals surface area contributed by atoms with Gasteiger partial charge in [-0.05, 0) is 58.5 Å². The zero-order valence-corrected chi connectivity index (χ0v) is 15.7. The predicted octanol–water partition coefficient (Wildman–Crippen LogP) is 1.72. The summed E-state index contributed by atoms with van der Waals surface area (Å²) in [7, 11) is 0. The van der Waals surface area contributed by atoms with E-state index in [9.17, 15) is 4.79 Å². The fourth-order valence-electron chi connectivity index (χ4n) is 4.19. The predicted molar refractivity (Wildman–Crippen MR) is 97.2 cm³/mol. The fraction of sp³-hybridized carbons (Fsp3) is 0.789. The van der Waals surface area contributed by atoms with Gasteiger partial charge in [-0.3, -0.25) is 14.4 Å². The van der Waals surface area contributed by atoms with Crippen molar-refractivity contribution in [1.82, 2.24) is 19.6 Å². The Bertz CT molecular complexity index is 584. The molecule has 6 heteroatoms. The van der Waals surface area contributed by atoms with Gasteiger partial charge in [0.1, 0.15) is 0 Å². The number of piperidine rings is 1. The van der Waals surface area contributed by atoms with Crippen LogP contribution in [0, 0.1) is 19.8 Å². The number of rotatable bonds is 6. The molecule has 3 rings (SSSR count). The van der Waals surface area contributed by atoms with Crippen molar-refractivity contribution >= 4 is 5.91 Å². The van der Waals surface area contributed by atoms with Gasteiger partial charge < -0.3 is 10.0 Å². The zero-order chi connectivity index (χ0) is 17.8. The van der Waals surface area contributed by atoms with Gasteiger partial charge in [0.25, 0.3) is 0 Å². The summed E-state index contributed by atoms with van der Waals surface area (Å²) in [6, 6.07) is 0. The highest BCUT2D eigenvalue weighted by Gasteiger charge is 2.26. The molecule has 1 aromatic heterocycles. The van der Waals surface area contributed by atoms with Crippen LogP contribution >= 0.6 is 0 Å². The summed E-state index contributed by atoms with van der Waals surface area (Å²) in [5, 5.41) is 13.7. The molecule has 0 atom stereocenters. The van der Waals surface area contributed by atoms with E-state index in [4.69, 9.17) is 5.11 Å². The molecule has 0 bridgehead atoms. The van der Waals surface area contributed by atoms with Gasteiger partial charge in [0, 0.05) is 37.3 Å². The summed E-state index contributed by atoms with van der Waals surface area (Å²) >= 11 is 0. The van der Waals surface area contributed by atoms with E-state index in [1.807, 2.05) is 4.68 Å². The van der Waals surface area contributed by atoms with E-state index >= 15 is 0 Å². The standard InChI is InChI=1S/C19H32N4O2/c1-15-18(16(2)23(20-15)11-12-24)14-21-9-5-17(6-10-21)13-19(25)22-7-3-4-8-22/h17,24H,3-14H2,1-2H3. The highest BCUT2D eigenvalue weighted by Crippen LogP contribution is 2.25. The van der Waals surface area contributed by atoms with Crippen LogP contribution in [0.15, 0.2) is 0 Å². The lowest BCUT2D eigenvalue weighted by molar-refractivity contribution is -0.131. The Labute approximate surface area is 150 Å². The topological polar surface area (TPSA) is 61.6 Å². The number of amides is 1. The van der Waals surface area contributed by atoms with Crippen LogP contribution in [0.2, 0.25) is 0 Å². The number of aryl methyl sites for hydroxylation is 1. The Morgan fingerprint density at radius 2 is 1.84 bits per heavy atom. The number of aromatic nitrogens is 2. The molecule has 1 N–H and O–H groups in total. The number of carbonyl (C=O) groups is 1. The molecule has 1 aromatic rings. The minimum atomic E-state index is 0.123. The molecule has 0 unspecified atom stereocenters. The van der Waals surface area contributed by atoms with Crippen LogP contribution in [-0.4, -0.2) is 63.4 Å². The van der Waals surface area contributed by atoms with Crippen molar-refractivity contribution in [3.63, 3.8) is 0 Å². The lowest BCUT2D eigenvalue weighted by atomic mass is 9.92. The maximum absolute atomic E-state index is 12.3. The van der Waals surface area contributed by atoms with Crippen LogP contribution in [0.4, 0.5) is 0 Å². The van der Waals surface area contributed by atoms with Gasteiger partial charge in [-0.15, -0.1) is 0 Å². The number of likely N-dealkylation sites (tertiary alicyclic amines) is 2. The summed E-state index contributed by atoms with van der Waals surface area (Å²) in [5.74, 6) is 0.913. The second-order valence-electron chi connectivity index (χ2n) is 7.61. The molecule has 2 saturated heterocycles. The first kappa shape index (κ1) is 18.4. The molecule has 0 spiro atoms. The van der Waals surface area contributed by atoms with Crippen LogP contribution < -0.4 is 0 Å². The third kappa shape index (κ3) is 4.42. The van der Waals surface area contributed by atoms with E-state index in [0.29, 0.717) is 18.4 Å². The van der Waals surface area contributed by atoms with E-state index in [0.717, 1.165) is 63.4 Å². The van der Waals surface area contributed by atoms with Crippen molar-refractivity contribution < 1.29 is 9.90 Å². The lowest BCUT2D eigenvalue weighted by Gasteiger charge is -2.32. The van der Waals surface area contributed by atoms with Gasteiger partial charge in [0.05, 0.1) is 18.8 Å². The van der Waals surface area contributed by atoms with Crippen LogP contribution in [0.1, 0.15) is 49.1 Å². The number of nitrogens with zero attached hydrogens (tertiary/aromatic N) is 4. The quantitative estimate of drug-likeness (QED) is 0.850. The smallest absolute Gasteiger partial charge is 0.222 e. The number of hydrogen-bond donors (Lipinski definition) is 1. The summed E-state index contributed by atoms with van der Waals surface area (Å²) in [5.41, 5.74) is 3.52. The summed E-state index contributed by atoms with van der Waals surface area (Å²) < 4.78 is 1.91. The van der Waals surface area contributed by atoms with Crippen LogP contribution in [0.25, 0.3) is 0 Å². The molecular weight excluding hydrogens is 316 g/mol. The maximum Gasteiger partial charge on any atom is 0.222 e.